The zero-order valence-corrected chi connectivity index (χ0v) is 13.4. The van der Waals surface area contributed by atoms with Crippen LogP contribution in [0.3, 0.4) is 0 Å². The number of ether oxygens (including phenoxy) is 1. The molecule has 2 aromatic carbocycles. The second-order valence-electron chi connectivity index (χ2n) is 5.04. The summed E-state index contributed by atoms with van der Waals surface area (Å²) in [6, 6.07) is 11.0. The Balaban J connectivity index is 1.95. The van der Waals surface area contributed by atoms with Gasteiger partial charge in [0.05, 0.1) is 12.8 Å². The normalized spacial score (nSPS) is 10.3. The van der Waals surface area contributed by atoms with Crippen molar-refractivity contribution in [1.82, 2.24) is 0 Å². The van der Waals surface area contributed by atoms with Crippen LogP contribution < -0.4 is 15.8 Å². The first-order valence-electron chi connectivity index (χ1n) is 6.98. The summed E-state index contributed by atoms with van der Waals surface area (Å²) in [5.41, 5.74) is 9.04. The fourth-order valence-corrected chi connectivity index (χ4v) is 2.33. The zero-order chi connectivity index (χ0) is 16.1. The van der Waals surface area contributed by atoms with Crippen molar-refractivity contribution < 1.29 is 9.53 Å². The van der Waals surface area contributed by atoms with E-state index in [1.807, 2.05) is 37.3 Å². The Morgan fingerprint density at radius 3 is 2.77 bits per heavy atom. The molecule has 2 aromatic rings. The van der Waals surface area contributed by atoms with Gasteiger partial charge in [-0.2, -0.15) is 0 Å². The zero-order valence-electron chi connectivity index (χ0n) is 12.7. The van der Waals surface area contributed by atoms with Crippen LogP contribution in [0.25, 0.3) is 0 Å². The van der Waals surface area contributed by atoms with Gasteiger partial charge in [-0.1, -0.05) is 23.7 Å². The lowest BCUT2D eigenvalue weighted by Gasteiger charge is -2.10. The number of benzene rings is 2. The van der Waals surface area contributed by atoms with Gasteiger partial charge < -0.3 is 15.8 Å². The quantitative estimate of drug-likeness (QED) is 0.824. The van der Waals surface area contributed by atoms with Crippen molar-refractivity contribution in [1.29, 1.82) is 0 Å². The second kappa shape index (κ2) is 7.18. The lowest BCUT2D eigenvalue weighted by atomic mass is 10.1. The van der Waals surface area contributed by atoms with Gasteiger partial charge in [0.1, 0.15) is 5.75 Å². The molecular weight excluding hydrogens is 300 g/mol. The Hall–Kier alpha value is -2.20. The van der Waals surface area contributed by atoms with Gasteiger partial charge in [-0.05, 0) is 48.7 Å². The molecular formula is C17H19ClN2O2. The van der Waals surface area contributed by atoms with E-state index in [0.29, 0.717) is 29.3 Å². The molecule has 5 heteroatoms. The molecule has 0 aromatic heterocycles. The van der Waals surface area contributed by atoms with E-state index >= 15 is 0 Å². The van der Waals surface area contributed by atoms with E-state index < -0.39 is 0 Å². The predicted molar refractivity (Wildman–Crippen MR) is 90.5 cm³/mol. The van der Waals surface area contributed by atoms with E-state index in [9.17, 15) is 4.79 Å². The average molecular weight is 319 g/mol. The summed E-state index contributed by atoms with van der Waals surface area (Å²) in [5, 5.41) is 3.52. The third kappa shape index (κ3) is 3.92. The van der Waals surface area contributed by atoms with Crippen molar-refractivity contribution in [3.05, 3.63) is 52.5 Å². The number of amides is 1. The molecule has 0 unspecified atom stereocenters. The van der Waals surface area contributed by atoms with Gasteiger partial charge in [-0.3, -0.25) is 4.79 Å². The topological polar surface area (TPSA) is 64.3 Å². The van der Waals surface area contributed by atoms with Gasteiger partial charge in [-0.15, -0.1) is 0 Å². The molecule has 0 aliphatic rings. The minimum atomic E-state index is -0.0558. The number of methoxy groups -OCH3 is 1. The first-order valence-corrected chi connectivity index (χ1v) is 7.36. The average Bonchev–Trinajstić information content (AvgIpc) is 2.50. The van der Waals surface area contributed by atoms with Crippen molar-refractivity contribution in [2.24, 2.45) is 0 Å². The van der Waals surface area contributed by atoms with Crippen molar-refractivity contribution in [3.8, 4) is 5.75 Å². The molecule has 0 saturated heterocycles. The van der Waals surface area contributed by atoms with E-state index in [1.54, 1.807) is 13.2 Å². The van der Waals surface area contributed by atoms with Gasteiger partial charge in [0.25, 0.3) is 0 Å². The van der Waals surface area contributed by atoms with Crippen LogP contribution in [-0.2, 0) is 11.2 Å². The Morgan fingerprint density at radius 2 is 2.09 bits per heavy atom. The van der Waals surface area contributed by atoms with Crippen molar-refractivity contribution in [2.75, 3.05) is 18.2 Å². The fraction of sp³-hybridized carbons (Fsp3) is 0.235. The fourth-order valence-electron chi connectivity index (χ4n) is 2.15. The molecule has 0 saturated carbocycles. The highest BCUT2D eigenvalue weighted by atomic mass is 35.5. The summed E-state index contributed by atoms with van der Waals surface area (Å²) in [6.07, 6.45) is 0.983. The summed E-state index contributed by atoms with van der Waals surface area (Å²) in [7, 11) is 1.58. The molecule has 0 heterocycles. The smallest absolute Gasteiger partial charge is 0.224 e. The molecule has 2 rings (SSSR count). The van der Waals surface area contributed by atoms with E-state index in [0.717, 1.165) is 16.8 Å². The highest BCUT2D eigenvalue weighted by Gasteiger charge is 2.08. The Kier molecular flexibility index (Phi) is 5.28. The Bertz CT molecular complexity index is 686. The monoisotopic (exact) mass is 318 g/mol. The van der Waals surface area contributed by atoms with Gasteiger partial charge in [0, 0.05) is 17.1 Å². The first kappa shape index (κ1) is 16.2. The van der Waals surface area contributed by atoms with Crippen molar-refractivity contribution in [3.63, 3.8) is 0 Å². The molecule has 0 spiro atoms. The highest BCUT2D eigenvalue weighted by Crippen LogP contribution is 2.24. The SMILES string of the molecule is COc1ccc(CCC(=O)Nc2cccc(Cl)c2C)cc1N. The summed E-state index contributed by atoms with van der Waals surface area (Å²) in [5.74, 6) is 0.586. The second-order valence-corrected chi connectivity index (χ2v) is 5.44. The first-order chi connectivity index (χ1) is 10.5. The van der Waals surface area contributed by atoms with Crippen LogP contribution in [0.15, 0.2) is 36.4 Å². The van der Waals surface area contributed by atoms with E-state index in [1.165, 1.54) is 0 Å². The molecule has 0 atom stereocenters. The van der Waals surface area contributed by atoms with E-state index in [-0.39, 0.29) is 5.91 Å². The Morgan fingerprint density at radius 1 is 1.32 bits per heavy atom. The number of anilines is 2. The van der Waals surface area contributed by atoms with Crippen LogP contribution in [0.4, 0.5) is 11.4 Å². The maximum Gasteiger partial charge on any atom is 0.224 e. The van der Waals surface area contributed by atoms with Crippen LogP contribution in [0.5, 0.6) is 5.75 Å². The lowest BCUT2D eigenvalue weighted by molar-refractivity contribution is -0.116. The maximum atomic E-state index is 12.0. The number of halogens is 1. The number of carbonyl (C=O) groups excluding carboxylic acids is 1. The van der Waals surface area contributed by atoms with Crippen LogP contribution in [0.2, 0.25) is 5.02 Å². The number of nitrogen functional groups attached to an aromatic ring is 1. The van der Waals surface area contributed by atoms with Gasteiger partial charge in [-0.25, -0.2) is 0 Å². The third-order valence-corrected chi connectivity index (χ3v) is 3.89. The van der Waals surface area contributed by atoms with Crippen LogP contribution in [0, 0.1) is 6.92 Å². The molecule has 1 amide bonds. The lowest BCUT2D eigenvalue weighted by Crippen LogP contribution is -2.13. The number of nitrogens with one attached hydrogen (secondary N) is 1. The van der Waals surface area contributed by atoms with Crippen LogP contribution in [-0.4, -0.2) is 13.0 Å². The molecule has 0 bridgehead atoms. The molecule has 0 aliphatic heterocycles. The standard InChI is InChI=1S/C17H19ClN2O2/c1-11-13(18)4-3-5-15(11)20-17(21)9-7-12-6-8-16(22-2)14(19)10-12/h3-6,8,10H,7,9,19H2,1-2H3,(H,20,21). The number of rotatable bonds is 5. The maximum absolute atomic E-state index is 12.0. The van der Waals surface area contributed by atoms with Crippen LogP contribution >= 0.6 is 11.6 Å². The minimum absolute atomic E-state index is 0.0558. The predicted octanol–water partition coefficient (Wildman–Crippen LogP) is 3.81. The van der Waals surface area contributed by atoms with Gasteiger partial charge in [0.2, 0.25) is 5.91 Å². The summed E-state index contributed by atoms with van der Waals surface area (Å²) in [6.45, 7) is 1.88. The number of carbonyl (C=O) groups is 1. The number of aryl methyl sites for hydroxylation is 1. The number of hydrogen-bond donors (Lipinski definition) is 2. The summed E-state index contributed by atoms with van der Waals surface area (Å²) < 4.78 is 5.11. The molecule has 0 aliphatic carbocycles. The minimum Gasteiger partial charge on any atom is -0.495 e. The molecule has 3 N–H and O–H groups in total. The Labute approximate surface area is 135 Å². The van der Waals surface area contributed by atoms with Gasteiger partial charge >= 0.3 is 0 Å². The number of hydrogen-bond acceptors (Lipinski definition) is 3. The molecule has 22 heavy (non-hydrogen) atoms. The van der Waals surface area contributed by atoms with E-state index in [4.69, 9.17) is 22.1 Å². The van der Waals surface area contributed by atoms with Crippen molar-refractivity contribution >= 4 is 28.9 Å². The van der Waals surface area contributed by atoms with Gasteiger partial charge in [0.15, 0.2) is 0 Å². The van der Waals surface area contributed by atoms with Crippen molar-refractivity contribution in [2.45, 2.75) is 19.8 Å². The molecule has 0 fully saturated rings. The third-order valence-electron chi connectivity index (χ3n) is 3.48. The number of nitrogens with two attached hydrogens (primary N) is 1. The summed E-state index contributed by atoms with van der Waals surface area (Å²) in [4.78, 5) is 12.0. The largest absolute Gasteiger partial charge is 0.495 e. The highest BCUT2D eigenvalue weighted by molar-refractivity contribution is 6.31. The summed E-state index contributed by atoms with van der Waals surface area (Å²) >= 11 is 6.04. The van der Waals surface area contributed by atoms with E-state index in [2.05, 4.69) is 5.32 Å². The van der Waals surface area contributed by atoms with Crippen LogP contribution in [0.1, 0.15) is 17.5 Å². The molecule has 116 valence electrons. The molecule has 4 nitrogen and oxygen atoms in total. The molecule has 0 radical (unpaired) electrons.